The van der Waals surface area contributed by atoms with Gasteiger partial charge in [0.05, 0.1) is 51.1 Å². The lowest BCUT2D eigenvalue weighted by atomic mass is 9.87. The van der Waals surface area contributed by atoms with Crippen LogP contribution >= 0.6 is 0 Å². The molecule has 3 heterocycles. The highest BCUT2D eigenvalue weighted by Crippen LogP contribution is 2.27. The maximum atomic E-state index is 12.0. The van der Waals surface area contributed by atoms with Gasteiger partial charge in [0.2, 0.25) is 0 Å². The SMILES string of the molecule is CC1C[N+]2(CCN(c3ccccn3)CC2)CC(C)C1=O. The monoisotopic (exact) mass is 274 g/mol. The van der Waals surface area contributed by atoms with Crippen LogP contribution in [-0.4, -0.2) is 54.5 Å². The van der Waals surface area contributed by atoms with Crippen LogP contribution in [0, 0.1) is 11.8 Å². The highest BCUT2D eigenvalue weighted by Gasteiger charge is 2.43. The van der Waals surface area contributed by atoms with E-state index in [9.17, 15) is 4.79 Å². The van der Waals surface area contributed by atoms with Crippen LogP contribution in [0.25, 0.3) is 0 Å². The topological polar surface area (TPSA) is 33.2 Å². The van der Waals surface area contributed by atoms with Crippen LogP contribution in [-0.2, 0) is 4.79 Å². The van der Waals surface area contributed by atoms with Gasteiger partial charge < -0.3 is 9.38 Å². The zero-order valence-corrected chi connectivity index (χ0v) is 12.5. The Morgan fingerprint density at radius 1 is 1.15 bits per heavy atom. The number of hydrogen-bond donors (Lipinski definition) is 0. The second-order valence-electron chi connectivity index (χ2n) is 6.53. The van der Waals surface area contributed by atoms with Gasteiger partial charge in [0.1, 0.15) is 11.6 Å². The molecule has 1 aromatic rings. The highest BCUT2D eigenvalue weighted by molar-refractivity contribution is 5.83. The van der Waals surface area contributed by atoms with Crippen molar-refractivity contribution >= 4 is 11.6 Å². The first-order chi connectivity index (χ1) is 9.60. The summed E-state index contributed by atoms with van der Waals surface area (Å²) in [6, 6.07) is 6.09. The first-order valence-corrected chi connectivity index (χ1v) is 7.64. The van der Waals surface area contributed by atoms with E-state index >= 15 is 0 Å². The average molecular weight is 274 g/mol. The molecule has 1 aromatic heterocycles. The Balaban J connectivity index is 1.68. The summed E-state index contributed by atoms with van der Waals surface area (Å²) in [4.78, 5) is 18.8. The van der Waals surface area contributed by atoms with Gasteiger partial charge in [-0.05, 0) is 12.1 Å². The molecule has 20 heavy (non-hydrogen) atoms. The molecule has 1 spiro atoms. The molecule has 2 fully saturated rings. The fraction of sp³-hybridized carbons (Fsp3) is 0.625. The molecule has 2 aliphatic rings. The van der Waals surface area contributed by atoms with Gasteiger partial charge >= 0.3 is 0 Å². The van der Waals surface area contributed by atoms with Crippen LogP contribution in [0.15, 0.2) is 24.4 Å². The van der Waals surface area contributed by atoms with Crippen molar-refractivity contribution in [1.82, 2.24) is 4.98 Å². The quantitative estimate of drug-likeness (QED) is 0.729. The molecule has 0 aromatic carbocycles. The lowest BCUT2D eigenvalue weighted by Crippen LogP contribution is -2.66. The number of pyridine rings is 1. The molecule has 0 saturated carbocycles. The summed E-state index contributed by atoms with van der Waals surface area (Å²) in [5, 5.41) is 0. The van der Waals surface area contributed by atoms with Crippen molar-refractivity contribution in [2.45, 2.75) is 13.8 Å². The minimum atomic E-state index is 0.222. The van der Waals surface area contributed by atoms with E-state index in [4.69, 9.17) is 0 Å². The Kier molecular flexibility index (Phi) is 3.50. The van der Waals surface area contributed by atoms with Gasteiger partial charge in [0.25, 0.3) is 0 Å². The van der Waals surface area contributed by atoms with E-state index in [2.05, 4.69) is 29.8 Å². The van der Waals surface area contributed by atoms with Gasteiger partial charge in [-0.2, -0.15) is 0 Å². The first kappa shape index (κ1) is 13.6. The summed E-state index contributed by atoms with van der Waals surface area (Å²) in [5.74, 6) is 1.99. The first-order valence-electron chi connectivity index (χ1n) is 7.64. The van der Waals surface area contributed by atoms with Crippen LogP contribution in [0.5, 0.6) is 0 Å². The second kappa shape index (κ2) is 5.17. The third-order valence-corrected chi connectivity index (χ3v) is 4.96. The molecule has 2 unspecified atom stereocenters. The van der Waals surface area contributed by atoms with Crippen LogP contribution < -0.4 is 4.90 Å². The van der Waals surface area contributed by atoms with E-state index in [1.165, 1.54) is 0 Å². The molecule has 0 amide bonds. The molecule has 108 valence electrons. The van der Waals surface area contributed by atoms with Crippen LogP contribution in [0.4, 0.5) is 5.82 Å². The number of carbonyl (C=O) groups is 1. The van der Waals surface area contributed by atoms with Gasteiger partial charge in [-0.25, -0.2) is 4.98 Å². The van der Waals surface area contributed by atoms with Gasteiger partial charge in [-0.3, -0.25) is 4.79 Å². The Hall–Kier alpha value is -1.42. The van der Waals surface area contributed by atoms with Crippen molar-refractivity contribution in [3.05, 3.63) is 24.4 Å². The van der Waals surface area contributed by atoms with E-state index in [0.29, 0.717) is 5.78 Å². The molecule has 0 radical (unpaired) electrons. The lowest BCUT2D eigenvalue weighted by Gasteiger charge is -2.49. The maximum Gasteiger partial charge on any atom is 0.149 e. The highest BCUT2D eigenvalue weighted by atomic mass is 16.1. The Morgan fingerprint density at radius 3 is 2.35 bits per heavy atom. The number of nitrogens with zero attached hydrogens (tertiary/aromatic N) is 3. The molecule has 4 nitrogen and oxygen atoms in total. The molecule has 2 saturated heterocycles. The smallest absolute Gasteiger partial charge is 0.149 e. The number of hydrogen-bond acceptors (Lipinski definition) is 3. The fourth-order valence-electron chi connectivity index (χ4n) is 3.93. The number of aromatic nitrogens is 1. The predicted octanol–water partition coefficient (Wildman–Crippen LogP) is 1.57. The molecule has 0 bridgehead atoms. The van der Waals surface area contributed by atoms with Crippen molar-refractivity contribution < 1.29 is 9.28 Å². The Morgan fingerprint density at radius 2 is 1.80 bits per heavy atom. The molecular formula is C16H24N3O+. The fourth-order valence-corrected chi connectivity index (χ4v) is 3.93. The number of anilines is 1. The summed E-state index contributed by atoms with van der Waals surface area (Å²) < 4.78 is 1.12. The maximum absolute atomic E-state index is 12.0. The number of ketones is 1. The Labute approximate surface area is 121 Å². The van der Waals surface area contributed by atoms with Crippen molar-refractivity contribution in [1.29, 1.82) is 0 Å². The van der Waals surface area contributed by atoms with Gasteiger partial charge in [0, 0.05) is 6.20 Å². The largest absolute Gasteiger partial charge is 0.345 e. The summed E-state index contributed by atoms with van der Waals surface area (Å²) in [6.45, 7) is 10.6. The van der Waals surface area contributed by atoms with Gasteiger partial charge in [-0.1, -0.05) is 19.9 Å². The van der Waals surface area contributed by atoms with Crippen molar-refractivity contribution in [3.63, 3.8) is 0 Å². The number of carbonyl (C=O) groups excluding carboxylic acids is 1. The number of rotatable bonds is 1. The lowest BCUT2D eigenvalue weighted by molar-refractivity contribution is -0.935. The average Bonchev–Trinajstić information content (AvgIpc) is 2.46. The van der Waals surface area contributed by atoms with E-state index in [-0.39, 0.29) is 11.8 Å². The van der Waals surface area contributed by atoms with E-state index in [0.717, 1.165) is 49.6 Å². The van der Waals surface area contributed by atoms with E-state index in [1.54, 1.807) is 0 Å². The third kappa shape index (κ3) is 2.44. The van der Waals surface area contributed by atoms with E-state index < -0.39 is 0 Å². The van der Waals surface area contributed by atoms with Crippen molar-refractivity contribution in [3.8, 4) is 0 Å². The number of piperidine rings is 1. The number of Topliss-reactive ketones (excluding diaryl/α,β-unsaturated/α-hetero) is 1. The molecule has 3 rings (SSSR count). The summed E-state index contributed by atoms with van der Waals surface area (Å²) >= 11 is 0. The zero-order chi connectivity index (χ0) is 14.2. The third-order valence-electron chi connectivity index (χ3n) is 4.96. The number of quaternary nitrogens is 1. The van der Waals surface area contributed by atoms with Crippen molar-refractivity contribution in [2.24, 2.45) is 11.8 Å². The summed E-state index contributed by atoms with van der Waals surface area (Å²) in [6.07, 6.45) is 1.86. The van der Waals surface area contributed by atoms with Crippen molar-refractivity contribution in [2.75, 3.05) is 44.2 Å². The van der Waals surface area contributed by atoms with Crippen LogP contribution in [0.3, 0.4) is 0 Å². The molecule has 2 atom stereocenters. The zero-order valence-electron chi connectivity index (χ0n) is 12.5. The minimum Gasteiger partial charge on any atom is -0.345 e. The molecular weight excluding hydrogens is 250 g/mol. The van der Waals surface area contributed by atoms with Crippen LogP contribution in [0.1, 0.15) is 13.8 Å². The minimum absolute atomic E-state index is 0.222. The summed E-state index contributed by atoms with van der Waals surface area (Å²) in [7, 11) is 0. The number of piperazine rings is 1. The van der Waals surface area contributed by atoms with Gasteiger partial charge in [-0.15, -0.1) is 0 Å². The second-order valence-corrected chi connectivity index (χ2v) is 6.53. The summed E-state index contributed by atoms with van der Waals surface area (Å²) in [5.41, 5.74) is 0. The molecule has 2 aliphatic heterocycles. The molecule has 4 heteroatoms. The molecule has 0 N–H and O–H groups in total. The van der Waals surface area contributed by atoms with Crippen LogP contribution in [0.2, 0.25) is 0 Å². The van der Waals surface area contributed by atoms with E-state index in [1.807, 2.05) is 18.3 Å². The normalized spacial score (nSPS) is 29.7. The Bertz CT molecular complexity index is 464. The van der Waals surface area contributed by atoms with Gasteiger partial charge in [0.15, 0.2) is 0 Å². The molecule has 0 aliphatic carbocycles. The standard InChI is InChI=1S/C16H24N3O/c1-13-11-19(12-14(2)16(13)20)9-7-18(8-10-19)15-5-3-4-6-17-15/h3-6,13-14H,7-12H2,1-2H3/q+1. The predicted molar refractivity (Wildman–Crippen MR) is 79.5 cm³/mol.